The minimum absolute atomic E-state index is 0.100. The van der Waals surface area contributed by atoms with Crippen LogP contribution in [-0.2, 0) is 4.74 Å². The monoisotopic (exact) mass is 238 g/mol. The van der Waals surface area contributed by atoms with Crippen molar-refractivity contribution in [3.63, 3.8) is 0 Å². The number of halogens is 1. The van der Waals surface area contributed by atoms with Gasteiger partial charge < -0.3 is 10.1 Å². The zero-order chi connectivity index (χ0) is 12.4. The zero-order valence-corrected chi connectivity index (χ0v) is 10.5. The van der Waals surface area contributed by atoms with E-state index >= 15 is 0 Å². The second-order valence-electron chi connectivity index (χ2n) is 4.94. The van der Waals surface area contributed by atoms with E-state index < -0.39 is 0 Å². The highest BCUT2D eigenvalue weighted by atomic mass is 19.1. The molecule has 0 radical (unpaired) electrons. The molecule has 1 aromatic heterocycles. The van der Waals surface area contributed by atoms with Crippen molar-refractivity contribution in [2.24, 2.45) is 5.92 Å². The Hall–Kier alpha value is -1.00. The van der Waals surface area contributed by atoms with Crippen LogP contribution in [0, 0.1) is 11.7 Å². The van der Waals surface area contributed by atoms with E-state index in [1.807, 2.05) is 0 Å². The lowest BCUT2D eigenvalue weighted by atomic mass is 10.0. The van der Waals surface area contributed by atoms with Crippen LogP contribution < -0.4 is 5.32 Å². The van der Waals surface area contributed by atoms with Gasteiger partial charge in [-0.15, -0.1) is 0 Å². The smallest absolute Gasteiger partial charge is 0.141 e. The molecule has 0 saturated carbocycles. The highest BCUT2D eigenvalue weighted by Crippen LogP contribution is 2.27. The van der Waals surface area contributed by atoms with Crippen LogP contribution in [0.3, 0.4) is 0 Å². The van der Waals surface area contributed by atoms with Gasteiger partial charge >= 0.3 is 0 Å². The van der Waals surface area contributed by atoms with Gasteiger partial charge in [0.15, 0.2) is 0 Å². The second-order valence-corrected chi connectivity index (χ2v) is 4.94. The van der Waals surface area contributed by atoms with Crippen molar-refractivity contribution in [1.82, 2.24) is 10.3 Å². The third kappa shape index (κ3) is 2.82. The molecule has 0 spiro atoms. The van der Waals surface area contributed by atoms with Crippen molar-refractivity contribution < 1.29 is 9.13 Å². The van der Waals surface area contributed by atoms with E-state index in [1.165, 1.54) is 12.3 Å². The van der Waals surface area contributed by atoms with E-state index in [9.17, 15) is 4.39 Å². The van der Waals surface area contributed by atoms with Gasteiger partial charge in [-0.05, 0) is 25.0 Å². The average Bonchev–Trinajstić information content (AvgIpc) is 2.31. The summed E-state index contributed by atoms with van der Waals surface area (Å²) in [6.07, 6.45) is 1.32. The maximum absolute atomic E-state index is 12.8. The molecule has 1 fully saturated rings. The van der Waals surface area contributed by atoms with E-state index in [0.29, 0.717) is 5.92 Å². The lowest BCUT2D eigenvalue weighted by Gasteiger charge is -2.37. The van der Waals surface area contributed by atoms with Gasteiger partial charge in [-0.3, -0.25) is 4.98 Å². The molecule has 3 nitrogen and oxygen atoms in total. The number of hydrogen-bond acceptors (Lipinski definition) is 3. The second kappa shape index (κ2) is 5.10. The summed E-state index contributed by atoms with van der Waals surface area (Å²) >= 11 is 0. The molecule has 1 aliphatic heterocycles. The number of nitrogens with zero attached hydrogens (tertiary/aromatic N) is 1. The Kier molecular flexibility index (Phi) is 3.74. The quantitative estimate of drug-likeness (QED) is 0.858. The molecule has 2 heterocycles. The van der Waals surface area contributed by atoms with Crippen LogP contribution >= 0.6 is 0 Å². The number of nitrogens with one attached hydrogen (secondary N) is 1. The lowest BCUT2D eigenvalue weighted by molar-refractivity contribution is -0.0824. The highest BCUT2D eigenvalue weighted by Gasteiger charge is 2.31. The summed E-state index contributed by atoms with van der Waals surface area (Å²) in [5.74, 6) is 0.142. The van der Waals surface area contributed by atoms with Gasteiger partial charge in [0.25, 0.3) is 0 Å². The van der Waals surface area contributed by atoms with Gasteiger partial charge in [0.05, 0.1) is 18.0 Å². The van der Waals surface area contributed by atoms with E-state index in [1.54, 1.807) is 6.07 Å². The molecule has 17 heavy (non-hydrogen) atoms. The predicted molar refractivity (Wildman–Crippen MR) is 64.1 cm³/mol. The van der Waals surface area contributed by atoms with Crippen LogP contribution in [-0.4, -0.2) is 23.7 Å². The Morgan fingerprint density at radius 1 is 1.47 bits per heavy atom. The summed E-state index contributed by atoms with van der Waals surface area (Å²) in [5.41, 5.74) is 0.789. The van der Waals surface area contributed by atoms with Crippen LogP contribution in [0.4, 0.5) is 4.39 Å². The van der Waals surface area contributed by atoms with E-state index in [2.05, 4.69) is 31.1 Å². The normalized spacial score (nSPS) is 29.6. The number of ether oxygens (including phenoxy) is 1. The number of aromatic nitrogens is 1. The molecular weight excluding hydrogens is 219 g/mol. The minimum Gasteiger partial charge on any atom is -0.365 e. The summed E-state index contributed by atoms with van der Waals surface area (Å²) in [4.78, 5) is 4.11. The van der Waals surface area contributed by atoms with E-state index in [0.717, 1.165) is 12.2 Å². The minimum atomic E-state index is -0.314. The Bertz CT molecular complexity index is 366. The van der Waals surface area contributed by atoms with E-state index in [-0.39, 0.29) is 24.1 Å². The third-order valence-electron chi connectivity index (χ3n) is 3.20. The van der Waals surface area contributed by atoms with Crippen molar-refractivity contribution in [2.45, 2.75) is 39.0 Å². The van der Waals surface area contributed by atoms with Gasteiger partial charge in [-0.1, -0.05) is 13.8 Å². The topological polar surface area (TPSA) is 34.2 Å². The molecule has 94 valence electrons. The fourth-order valence-electron chi connectivity index (χ4n) is 2.04. The summed E-state index contributed by atoms with van der Waals surface area (Å²) in [7, 11) is 0. The fraction of sp³-hybridized carbons (Fsp3) is 0.615. The van der Waals surface area contributed by atoms with Gasteiger partial charge in [0.1, 0.15) is 11.9 Å². The molecular formula is C13H19FN2O. The van der Waals surface area contributed by atoms with Gasteiger partial charge in [-0.2, -0.15) is 0 Å². The first-order chi connectivity index (χ1) is 8.08. The van der Waals surface area contributed by atoms with Crippen LogP contribution in [0.2, 0.25) is 0 Å². The molecule has 0 aliphatic carbocycles. The van der Waals surface area contributed by atoms with Gasteiger partial charge in [0.2, 0.25) is 0 Å². The Morgan fingerprint density at radius 3 is 2.82 bits per heavy atom. The predicted octanol–water partition coefficient (Wildman–Crippen LogP) is 2.29. The molecule has 0 aromatic carbocycles. The molecule has 1 aromatic rings. The zero-order valence-electron chi connectivity index (χ0n) is 10.5. The number of hydrogen-bond donors (Lipinski definition) is 1. The number of morpholine rings is 1. The Labute approximate surface area is 101 Å². The third-order valence-corrected chi connectivity index (χ3v) is 3.20. The van der Waals surface area contributed by atoms with Gasteiger partial charge in [0, 0.05) is 12.6 Å². The maximum atomic E-state index is 12.8. The fourth-order valence-corrected chi connectivity index (χ4v) is 2.04. The molecule has 0 bridgehead atoms. The van der Waals surface area contributed by atoms with Crippen LogP contribution in [0.1, 0.15) is 32.6 Å². The molecule has 1 N–H and O–H groups in total. The SMILES string of the molecule is CC(C)C1CNC(C)C(c2ccc(F)cn2)O1. The molecule has 2 rings (SSSR count). The van der Waals surface area contributed by atoms with Crippen LogP contribution in [0.5, 0.6) is 0 Å². The standard InChI is InChI=1S/C13H19FN2O/c1-8(2)12-7-15-9(3)13(17-12)11-5-4-10(14)6-16-11/h4-6,8-9,12-13,15H,7H2,1-3H3. The lowest BCUT2D eigenvalue weighted by Crippen LogP contribution is -2.48. The number of rotatable bonds is 2. The average molecular weight is 238 g/mol. The molecule has 3 atom stereocenters. The first-order valence-electron chi connectivity index (χ1n) is 6.08. The first-order valence-corrected chi connectivity index (χ1v) is 6.08. The van der Waals surface area contributed by atoms with Crippen LogP contribution in [0.15, 0.2) is 18.3 Å². The summed E-state index contributed by atoms with van der Waals surface area (Å²) in [5, 5.41) is 3.42. The van der Waals surface area contributed by atoms with Crippen LogP contribution in [0.25, 0.3) is 0 Å². The Balaban J connectivity index is 2.15. The molecule has 3 unspecified atom stereocenters. The molecule has 4 heteroatoms. The van der Waals surface area contributed by atoms with Crippen molar-refractivity contribution in [2.75, 3.05) is 6.54 Å². The molecule has 0 amide bonds. The van der Waals surface area contributed by atoms with Crippen molar-refractivity contribution >= 4 is 0 Å². The summed E-state index contributed by atoms with van der Waals surface area (Å²) in [6, 6.07) is 3.32. The largest absolute Gasteiger partial charge is 0.365 e. The van der Waals surface area contributed by atoms with Crippen molar-refractivity contribution in [3.05, 3.63) is 29.8 Å². The first kappa shape index (κ1) is 12.5. The van der Waals surface area contributed by atoms with Gasteiger partial charge in [-0.25, -0.2) is 4.39 Å². The van der Waals surface area contributed by atoms with Crippen molar-refractivity contribution in [1.29, 1.82) is 0 Å². The van der Waals surface area contributed by atoms with Crippen molar-refractivity contribution in [3.8, 4) is 0 Å². The molecule has 1 aliphatic rings. The Morgan fingerprint density at radius 2 is 2.24 bits per heavy atom. The highest BCUT2D eigenvalue weighted by molar-refractivity contribution is 5.11. The maximum Gasteiger partial charge on any atom is 0.141 e. The molecule has 1 saturated heterocycles. The summed E-state index contributed by atoms with van der Waals surface area (Å²) in [6.45, 7) is 7.19. The van der Waals surface area contributed by atoms with E-state index in [4.69, 9.17) is 4.74 Å². The summed E-state index contributed by atoms with van der Waals surface area (Å²) < 4.78 is 18.9. The number of pyridine rings is 1.